The van der Waals surface area contributed by atoms with Crippen molar-refractivity contribution < 1.29 is 53.2 Å². The van der Waals surface area contributed by atoms with Crippen LogP contribution in [0, 0.1) is 28.1 Å². The number of amides is 2. The number of esters is 3. The number of carboxylic acid groups (broad SMARTS) is 1. The number of aliphatic carboxylic acids is 1. The number of aliphatic hydroxyl groups is 1. The van der Waals surface area contributed by atoms with Gasteiger partial charge in [0, 0.05) is 17.4 Å². The van der Waals surface area contributed by atoms with Crippen LogP contribution in [0.2, 0.25) is 0 Å². The molecule has 2 aromatic rings. The second-order valence-electron chi connectivity index (χ2n) is 15.6. The van der Waals surface area contributed by atoms with Gasteiger partial charge in [-0.2, -0.15) is 0 Å². The first kappa shape index (κ1) is 51.2. The Morgan fingerprint density at radius 3 is 1.46 bits per heavy atom. The highest BCUT2D eigenvalue weighted by Crippen LogP contribution is 2.30. The lowest BCUT2D eigenvalue weighted by Gasteiger charge is -2.21. The number of hydrogen-bond acceptors (Lipinski definition) is 10. The zero-order chi connectivity index (χ0) is 43.4. The van der Waals surface area contributed by atoms with Crippen LogP contribution in [0.4, 0.5) is 5.69 Å². The molecule has 3 rings (SSSR count). The molecule has 2 N–H and O–H groups in total. The molecule has 2 aromatic carbocycles. The van der Waals surface area contributed by atoms with E-state index < -0.39 is 28.9 Å². The minimum absolute atomic E-state index is 0.0984. The minimum Gasteiger partial charge on any atom is -0.481 e. The number of para-hydroxylation sites is 1. The summed E-state index contributed by atoms with van der Waals surface area (Å²) in [6, 6.07) is 18.8. The predicted molar refractivity (Wildman–Crippen MR) is 216 cm³/mol. The van der Waals surface area contributed by atoms with Crippen LogP contribution in [-0.4, -0.2) is 65.2 Å². The van der Waals surface area contributed by atoms with Gasteiger partial charge in [0.25, 0.3) is 0 Å². The second-order valence-corrected chi connectivity index (χ2v) is 15.6. The van der Waals surface area contributed by atoms with Crippen molar-refractivity contribution in [1.82, 2.24) is 0 Å². The van der Waals surface area contributed by atoms with E-state index in [0.29, 0.717) is 25.1 Å². The summed E-state index contributed by atoms with van der Waals surface area (Å²) < 4.78 is 14.9. The maximum atomic E-state index is 11.8. The van der Waals surface area contributed by atoms with Gasteiger partial charge in [-0.15, -0.1) is 0 Å². The van der Waals surface area contributed by atoms with Crippen LogP contribution in [0.3, 0.4) is 0 Å². The maximum Gasteiger partial charge on any atom is 0.333 e. The van der Waals surface area contributed by atoms with E-state index in [9.17, 15) is 33.9 Å². The third-order valence-electron chi connectivity index (χ3n) is 9.69. The molecule has 1 fully saturated rings. The molecule has 1 heterocycles. The molecule has 0 radical (unpaired) electrons. The molecule has 0 aromatic heterocycles. The van der Waals surface area contributed by atoms with Gasteiger partial charge in [-0.05, 0) is 85.4 Å². The summed E-state index contributed by atoms with van der Waals surface area (Å²) in [4.78, 5) is 69.5. The van der Waals surface area contributed by atoms with Crippen molar-refractivity contribution in [3.63, 3.8) is 0 Å². The van der Waals surface area contributed by atoms with Crippen LogP contribution >= 0.6 is 0 Å². The van der Waals surface area contributed by atoms with Gasteiger partial charge in [-0.3, -0.25) is 28.9 Å². The van der Waals surface area contributed by atoms with Crippen molar-refractivity contribution in [3.05, 3.63) is 78.4 Å². The molecule has 0 saturated carbocycles. The van der Waals surface area contributed by atoms with Crippen molar-refractivity contribution in [3.8, 4) is 0 Å². The SMILES string of the molecule is C=C(C)C(=O)OCC(O)COC(=O)C(C)(C)CC.CC1C(=O)N(c2ccccc2)C(=O)C1C.CCC(C)(C)C(=O)O.CCC(C)(C)C(=O)OCc1ccccc1. The molecular weight excluding hydrogens is 718 g/mol. The van der Waals surface area contributed by atoms with Gasteiger partial charge in [0.2, 0.25) is 11.8 Å². The van der Waals surface area contributed by atoms with E-state index in [0.717, 1.165) is 12.0 Å². The number of hydrogen-bond donors (Lipinski definition) is 2. The average Bonchev–Trinajstić information content (AvgIpc) is 3.37. The summed E-state index contributed by atoms with van der Waals surface area (Å²) in [5.74, 6) is -2.42. The van der Waals surface area contributed by atoms with Gasteiger partial charge in [0.1, 0.15) is 25.9 Å². The topological polar surface area (TPSA) is 174 Å². The van der Waals surface area contributed by atoms with Crippen molar-refractivity contribution in [1.29, 1.82) is 0 Å². The van der Waals surface area contributed by atoms with Crippen LogP contribution in [0.5, 0.6) is 0 Å². The Morgan fingerprint density at radius 2 is 1.09 bits per heavy atom. The number of aliphatic hydroxyl groups excluding tert-OH is 1. The van der Waals surface area contributed by atoms with Gasteiger partial charge < -0.3 is 24.4 Å². The van der Waals surface area contributed by atoms with E-state index in [1.807, 2.05) is 83.1 Å². The number of imide groups is 1. The first-order valence-corrected chi connectivity index (χ1v) is 18.9. The predicted octanol–water partition coefficient (Wildman–Crippen LogP) is 7.95. The summed E-state index contributed by atoms with van der Waals surface area (Å²) in [6.45, 7) is 25.0. The van der Waals surface area contributed by atoms with E-state index >= 15 is 0 Å². The zero-order valence-electron chi connectivity index (χ0n) is 35.5. The minimum atomic E-state index is -1.02. The monoisotopic (exact) mass is 783 g/mol. The molecule has 0 spiro atoms. The van der Waals surface area contributed by atoms with Gasteiger partial charge in [0.05, 0.1) is 21.9 Å². The Morgan fingerprint density at radius 1 is 0.696 bits per heavy atom. The third-order valence-corrected chi connectivity index (χ3v) is 9.69. The molecule has 12 heteroatoms. The van der Waals surface area contributed by atoms with Crippen molar-refractivity contribution in [2.75, 3.05) is 18.1 Å². The lowest BCUT2D eigenvalue weighted by Crippen LogP contribution is -2.31. The Labute approximate surface area is 333 Å². The van der Waals surface area contributed by atoms with E-state index in [-0.39, 0.29) is 59.8 Å². The van der Waals surface area contributed by atoms with Gasteiger partial charge in [-0.25, -0.2) is 4.79 Å². The molecule has 312 valence electrons. The van der Waals surface area contributed by atoms with Gasteiger partial charge in [-0.1, -0.05) is 89.7 Å². The molecule has 1 aliphatic rings. The third kappa shape index (κ3) is 17.3. The van der Waals surface area contributed by atoms with Crippen LogP contribution in [0.25, 0.3) is 0 Å². The summed E-state index contributed by atoms with van der Waals surface area (Å²) in [6.07, 6.45) is 1.10. The highest BCUT2D eigenvalue weighted by atomic mass is 16.6. The largest absolute Gasteiger partial charge is 0.481 e. The highest BCUT2D eigenvalue weighted by molar-refractivity contribution is 6.21. The van der Waals surface area contributed by atoms with Crippen LogP contribution in [-0.2, 0) is 49.6 Å². The van der Waals surface area contributed by atoms with Crippen LogP contribution < -0.4 is 4.90 Å². The summed E-state index contributed by atoms with van der Waals surface area (Å²) in [7, 11) is 0. The molecule has 0 bridgehead atoms. The Kier molecular flexibility index (Phi) is 21.9. The molecular formula is C44H65NO11. The van der Waals surface area contributed by atoms with E-state index in [4.69, 9.17) is 19.3 Å². The normalized spacial score (nSPS) is 15.7. The Balaban J connectivity index is 0.000000742. The molecule has 3 unspecified atom stereocenters. The first-order valence-electron chi connectivity index (χ1n) is 18.9. The molecule has 1 aliphatic heterocycles. The molecule has 0 aliphatic carbocycles. The first-order chi connectivity index (χ1) is 25.9. The number of nitrogens with zero attached hydrogens (tertiary/aromatic N) is 1. The Hall–Kier alpha value is -4.84. The van der Waals surface area contributed by atoms with Crippen molar-refractivity contribution in [2.24, 2.45) is 28.1 Å². The fourth-order valence-corrected chi connectivity index (χ4v) is 3.84. The fourth-order valence-electron chi connectivity index (χ4n) is 3.84. The summed E-state index contributed by atoms with van der Waals surface area (Å²) >= 11 is 0. The quantitative estimate of drug-likeness (QED) is 0.0824. The van der Waals surface area contributed by atoms with Crippen molar-refractivity contribution in [2.45, 2.75) is 115 Å². The number of carboxylic acids is 1. The van der Waals surface area contributed by atoms with Crippen LogP contribution in [0.15, 0.2) is 72.8 Å². The summed E-state index contributed by atoms with van der Waals surface area (Å²) in [5, 5.41) is 17.9. The number of rotatable bonds is 14. The smallest absolute Gasteiger partial charge is 0.333 e. The van der Waals surface area contributed by atoms with E-state index in [1.54, 1.807) is 53.7 Å². The highest BCUT2D eigenvalue weighted by Gasteiger charge is 2.42. The number of carbonyl (C=O) groups excluding carboxylic acids is 5. The van der Waals surface area contributed by atoms with Crippen LogP contribution in [0.1, 0.15) is 108 Å². The number of carbonyl (C=O) groups is 6. The lowest BCUT2D eigenvalue weighted by molar-refractivity contribution is -0.159. The average molecular weight is 784 g/mol. The van der Waals surface area contributed by atoms with Gasteiger partial charge >= 0.3 is 23.9 Å². The molecule has 12 nitrogen and oxygen atoms in total. The molecule has 3 atom stereocenters. The summed E-state index contributed by atoms with van der Waals surface area (Å²) in [5.41, 5.74) is 0.454. The number of ether oxygens (including phenoxy) is 3. The second kappa shape index (κ2) is 23.9. The maximum absolute atomic E-state index is 11.8. The zero-order valence-corrected chi connectivity index (χ0v) is 35.5. The number of benzene rings is 2. The molecule has 1 saturated heterocycles. The van der Waals surface area contributed by atoms with E-state index in [1.165, 1.54) is 11.8 Å². The van der Waals surface area contributed by atoms with E-state index in [2.05, 4.69) is 6.58 Å². The number of anilines is 1. The molecule has 2 amide bonds. The standard InChI is InChI=1S/C13H22O5.C13H18O2.C12H13NO2.C6H12O2/c1-6-13(4,5)12(16)18-8-10(14)7-17-11(15)9(2)3;1-4-13(2,3)12(14)15-10-11-8-6-5-7-9-11;1-8-9(2)12(15)13(11(8)14)10-6-4-3-5-7-10;1-4-6(2,3)5(7)8/h10,14H,2,6-8H2,1,3-5H3;5-9H,4,10H2,1-3H3;3-9H,1-2H3;4H2,1-3H3,(H,7,8). The lowest BCUT2D eigenvalue weighted by atomic mass is 9.91. The fraction of sp³-hybridized carbons (Fsp3) is 0.545. The molecule has 56 heavy (non-hydrogen) atoms. The van der Waals surface area contributed by atoms with Gasteiger partial charge in [0.15, 0.2) is 0 Å². The Bertz CT molecular complexity index is 1560. The van der Waals surface area contributed by atoms with Crippen molar-refractivity contribution >= 4 is 41.4 Å².